The number of aliphatic imine (C=N–C) groups is 1. The lowest BCUT2D eigenvalue weighted by Gasteiger charge is -2.07. The molecule has 102 valence electrons. The Hall–Kier alpha value is -1.54. The Balaban J connectivity index is 2.52. The number of aryl methyl sites for hydroxylation is 1. The zero-order chi connectivity index (χ0) is 14.4. The van der Waals surface area contributed by atoms with E-state index in [0.29, 0.717) is 5.69 Å². The van der Waals surface area contributed by atoms with Gasteiger partial charge in [0.15, 0.2) is 11.1 Å². The highest BCUT2D eigenvalue weighted by atomic mass is 79.9. The fourth-order valence-electron chi connectivity index (χ4n) is 1.19. The maximum Gasteiger partial charge on any atom is 0.234 e. The number of nitrogens with two attached hydrogens (primary N) is 2. The van der Waals surface area contributed by atoms with Gasteiger partial charge in [0.1, 0.15) is 0 Å². The molecular weight excluding hydrogens is 330 g/mol. The second-order valence-electron chi connectivity index (χ2n) is 3.66. The summed E-state index contributed by atoms with van der Waals surface area (Å²) in [5.41, 5.74) is 12.0. The Morgan fingerprint density at radius 3 is 2.79 bits per heavy atom. The summed E-state index contributed by atoms with van der Waals surface area (Å²) in [6.45, 7) is 1.96. The summed E-state index contributed by atoms with van der Waals surface area (Å²) in [4.78, 5) is 15.2. The quantitative estimate of drug-likeness (QED) is 0.492. The van der Waals surface area contributed by atoms with Crippen LogP contribution in [0.1, 0.15) is 5.56 Å². The third-order valence-corrected chi connectivity index (χ3v) is 3.40. The topological polar surface area (TPSA) is 117 Å². The molecule has 6 nitrogen and oxygen atoms in total. The first-order chi connectivity index (χ1) is 8.88. The highest BCUT2D eigenvalue weighted by Gasteiger charge is 2.07. The molecule has 0 heterocycles. The average Bonchev–Trinajstić information content (AvgIpc) is 2.29. The number of benzene rings is 1. The zero-order valence-electron chi connectivity index (χ0n) is 10.2. The van der Waals surface area contributed by atoms with Gasteiger partial charge in [-0.2, -0.15) is 4.99 Å². The summed E-state index contributed by atoms with van der Waals surface area (Å²) in [7, 11) is 0. The van der Waals surface area contributed by atoms with Crippen LogP contribution in [0.5, 0.6) is 0 Å². The number of nitrogens with one attached hydrogen (secondary N) is 2. The molecule has 0 spiro atoms. The number of amides is 1. The molecule has 0 aliphatic rings. The van der Waals surface area contributed by atoms with Crippen molar-refractivity contribution in [2.75, 3.05) is 11.1 Å². The first-order valence-corrected chi connectivity index (χ1v) is 7.03. The maximum atomic E-state index is 11.7. The van der Waals surface area contributed by atoms with Crippen LogP contribution in [0.4, 0.5) is 5.69 Å². The van der Waals surface area contributed by atoms with Gasteiger partial charge < -0.3 is 16.8 Å². The smallest absolute Gasteiger partial charge is 0.234 e. The van der Waals surface area contributed by atoms with Crippen LogP contribution in [0.15, 0.2) is 27.7 Å². The summed E-state index contributed by atoms with van der Waals surface area (Å²) in [6, 6.07) is 5.61. The molecule has 1 aromatic rings. The predicted octanol–water partition coefficient (Wildman–Crippen LogP) is 1.64. The number of carbonyl (C=O) groups is 1. The molecule has 0 atom stereocenters. The monoisotopic (exact) mass is 343 g/mol. The van der Waals surface area contributed by atoms with Crippen molar-refractivity contribution >= 4 is 50.4 Å². The van der Waals surface area contributed by atoms with E-state index in [0.717, 1.165) is 21.8 Å². The van der Waals surface area contributed by atoms with Crippen molar-refractivity contribution in [1.29, 1.82) is 5.41 Å². The van der Waals surface area contributed by atoms with E-state index in [1.165, 1.54) is 0 Å². The third-order valence-electron chi connectivity index (χ3n) is 1.97. The Kier molecular flexibility index (Phi) is 5.84. The molecule has 1 amide bonds. The molecule has 0 aliphatic heterocycles. The van der Waals surface area contributed by atoms with Crippen molar-refractivity contribution in [3.63, 3.8) is 0 Å². The zero-order valence-corrected chi connectivity index (χ0v) is 12.6. The molecule has 0 fully saturated rings. The highest BCUT2D eigenvalue weighted by Crippen LogP contribution is 2.23. The normalized spacial score (nSPS) is 9.79. The molecule has 0 aromatic heterocycles. The van der Waals surface area contributed by atoms with Gasteiger partial charge in [0.05, 0.1) is 11.4 Å². The first kappa shape index (κ1) is 15.5. The van der Waals surface area contributed by atoms with Gasteiger partial charge >= 0.3 is 0 Å². The molecule has 0 saturated heterocycles. The van der Waals surface area contributed by atoms with Crippen molar-refractivity contribution in [1.82, 2.24) is 0 Å². The molecule has 6 N–H and O–H groups in total. The maximum absolute atomic E-state index is 11.7. The predicted molar refractivity (Wildman–Crippen MR) is 83.5 cm³/mol. The van der Waals surface area contributed by atoms with Crippen LogP contribution < -0.4 is 16.8 Å². The lowest BCUT2D eigenvalue weighted by molar-refractivity contribution is -0.113. The van der Waals surface area contributed by atoms with Gasteiger partial charge in [0.2, 0.25) is 5.91 Å². The number of anilines is 1. The van der Waals surface area contributed by atoms with Crippen molar-refractivity contribution in [2.45, 2.75) is 6.92 Å². The Labute approximate surface area is 123 Å². The number of nitrogens with zero attached hydrogens (tertiary/aromatic N) is 1. The number of halogens is 1. The van der Waals surface area contributed by atoms with E-state index < -0.39 is 0 Å². The van der Waals surface area contributed by atoms with Crippen LogP contribution in [0.25, 0.3) is 0 Å². The number of carbonyl (C=O) groups excluding carboxylic acids is 1. The van der Waals surface area contributed by atoms with Crippen LogP contribution in [0, 0.1) is 12.3 Å². The lowest BCUT2D eigenvalue weighted by Crippen LogP contribution is -2.24. The summed E-state index contributed by atoms with van der Waals surface area (Å²) < 4.78 is 0.810. The fourth-order valence-corrected chi connectivity index (χ4v) is 2.29. The van der Waals surface area contributed by atoms with Gasteiger partial charge in [-0.3, -0.25) is 10.2 Å². The molecule has 1 aromatic carbocycles. The third kappa shape index (κ3) is 5.75. The van der Waals surface area contributed by atoms with Crippen LogP contribution in [-0.2, 0) is 4.79 Å². The molecule has 8 heteroatoms. The highest BCUT2D eigenvalue weighted by molar-refractivity contribution is 9.10. The molecule has 0 unspecified atom stereocenters. The van der Waals surface area contributed by atoms with E-state index in [9.17, 15) is 4.79 Å². The molecule has 0 saturated carbocycles. The number of hydrogen-bond donors (Lipinski definition) is 4. The van der Waals surface area contributed by atoms with Crippen LogP contribution in [0.2, 0.25) is 0 Å². The van der Waals surface area contributed by atoms with E-state index >= 15 is 0 Å². The van der Waals surface area contributed by atoms with E-state index in [1.54, 1.807) is 0 Å². The van der Waals surface area contributed by atoms with Gasteiger partial charge in [-0.1, -0.05) is 17.8 Å². The minimum Gasteiger partial charge on any atom is -0.370 e. The minimum absolute atomic E-state index is 0.0654. The SMILES string of the molecule is Cc1ccc(NC(=O)CSC(=N)N=C(N)N)c(Br)c1. The summed E-state index contributed by atoms with van der Waals surface area (Å²) >= 11 is 4.32. The fraction of sp³-hybridized carbons (Fsp3) is 0.182. The Bertz CT molecular complexity index is 528. The van der Waals surface area contributed by atoms with Crippen LogP contribution in [0.3, 0.4) is 0 Å². The molecule has 0 radical (unpaired) electrons. The summed E-state index contributed by atoms with van der Waals surface area (Å²) in [5.74, 6) is -0.361. The van der Waals surface area contributed by atoms with Crippen molar-refractivity contribution < 1.29 is 4.79 Å². The van der Waals surface area contributed by atoms with E-state index in [1.807, 2.05) is 25.1 Å². The second kappa shape index (κ2) is 7.15. The number of amidine groups is 1. The van der Waals surface area contributed by atoms with E-state index in [4.69, 9.17) is 16.9 Å². The summed E-state index contributed by atoms with van der Waals surface area (Å²) in [6.07, 6.45) is 0. The van der Waals surface area contributed by atoms with E-state index in [-0.39, 0.29) is 22.8 Å². The number of rotatable bonds is 3. The lowest BCUT2D eigenvalue weighted by atomic mass is 10.2. The average molecular weight is 344 g/mol. The van der Waals surface area contributed by atoms with Crippen LogP contribution in [-0.4, -0.2) is 22.8 Å². The van der Waals surface area contributed by atoms with Gasteiger partial charge in [-0.25, -0.2) is 0 Å². The van der Waals surface area contributed by atoms with Gasteiger partial charge in [-0.05, 0) is 40.5 Å². The molecule has 1 rings (SSSR count). The number of thioether (sulfide) groups is 1. The summed E-state index contributed by atoms with van der Waals surface area (Å²) in [5, 5.41) is 10.0. The Morgan fingerprint density at radius 2 is 2.21 bits per heavy atom. The van der Waals surface area contributed by atoms with Crippen molar-refractivity contribution in [2.24, 2.45) is 16.5 Å². The molecule has 0 aliphatic carbocycles. The van der Waals surface area contributed by atoms with Crippen molar-refractivity contribution in [3.8, 4) is 0 Å². The molecular formula is C11H14BrN5OS. The minimum atomic E-state index is -0.231. The second-order valence-corrected chi connectivity index (χ2v) is 5.48. The molecule has 0 bridgehead atoms. The number of guanidine groups is 1. The number of hydrogen-bond acceptors (Lipinski definition) is 3. The van der Waals surface area contributed by atoms with Crippen molar-refractivity contribution in [3.05, 3.63) is 28.2 Å². The Morgan fingerprint density at radius 1 is 1.53 bits per heavy atom. The largest absolute Gasteiger partial charge is 0.370 e. The van der Waals surface area contributed by atoms with Crippen LogP contribution >= 0.6 is 27.7 Å². The van der Waals surface area contributed by atoms with Gasteiger partial charge in [-0.15, -0.1) is 0 Å². The molecule has 19 heavy (non-hydrogen) atoms. The van der Waals surface area contributed by atoms with E-state index in [2.05, 4.69) is 26.2 Å². The van der Waals surface area contributed by atoms with Gasteiger partial charge in [0.25, 0.3) is 0 Å². The first-order valence-electron chi connectivity index (χ1n) is 5.25. The van der Waals surface area contributed by atoms with Gasteiger partial charge in [0, 0.05) is 4.47 Å². The standard InChI is InChI=1S/C11H14BrN5OS/c1-6-2-3-8(7(12)4-6)16-9(18)5-19-11(15)17-10(13)14/h2-4H,5H2,1H3,(H,16,18)(H5,13,14,15,17).